The van der Waals surface area contributed by atoms with Gasteiger partial charge in [-0.25, -0.2) is 4.39 Å². The van der Waals surface area contributed by atoms with Gasteiger partial charge in [0.1, 0.15) is 5.82 Å². The molecule has 0 amide bonds. The number of halogens is 1. The van der Waals surface area contributed by atoms with E-state index in [-0.39, 0.29) is 0 Å². The predicted octanol–water partition coefficient (Wildman–Crippen LogP) is 2.64. The summed E-state index contributed by atoms with van der Waals surface area (Å²) >= 11 is 0. The first-order valence-electron chi connectivity index (χ1n) is 5.07. The van der Waals surface area contributed by atoms with E-state index in [9.17, 15) is 14.3 Å². The average molecular weight is 208 g/mol. The van der Waals surface area contributed by atoms with Gasteiger partial charge >= 0.3 is 5.97 Å². The highest BCUT2D eigenvalue weighted by Gasteiger charge is 2.48. The van der Waals surface area contributed by atoms with E-state index < -0.39 is 17.2 Å². The first-order chi connectivity index (χ1) is 7.08. The van der Waals surface area contributed by atoms with E-state index in [1.165, 1.54) is 6.07 Å². The summed E-state index contributed by atoms with van der Waals surface area (Å²) in [6.45, 7) is 1.77. The lowest BCUT2D eigenvalue weighted by Gasteiger charge is -2.39. The van der Waals surface area contributed by atoms with Crippen molar-refractivity contribution in [3.05, 3.63) is 35.1 Å². The molecule has 80 valence electrons. The highest BCUT2D eigenvalue weighted by molar-refractivity contribution is 5.83. The number of benzene rings is 1. The van der Waals surface area contributed by atoms with E-state index in [4.69, 9.17) is 0 Å². The average Bonchev–Trinajstić information content (AvgIpc) is 2.07. The van der Waals surface area contributed by atoms with Crippen LogP contribution in [0.25, 0.3) is 0 Å². The van der Waals surface area contributed by atoms with Crippen LogP contribution in [0.4, 0.5) is 4.39 Å². The van der Waals surface area contributed by atoms with Crippen LogP contribution in [0.15, 0.2) is 18.2 Å². The van der Waals surface area contributed by atoms with E-state index in [0.29, 0.717) is 18.4 Å². The molecular formula is C12H13FO2. The van der Waals surface area contributed by atoms with Crippen molar-refractivity contribution in [3.63, 3.8) is 0 Å². The van der Waals surface area contributed by atoms with Gasteiger partial charge in [-0.3, -0.25) is 4.79 Å². The van der Waals surface area contributed by atoms with E-state index in [1.54, 1.807) is 19.1 Å². The van der Waals surface area contributed by atoms with Gasteiger partial charge in [-0.05, 0) is 31.4 Å². The molecule has 0 spiro atoms. The molecule has 1 aromatic carbocycles. The number of aliphatic carboxylic acids is 1. The van der Waals surface area contributed by atoms with Crippen LogP contribution in [0.2, 0.25) is 0 Å². The lowest BCUT2D eigenvalue weighted by Crippen LogP contribution is -2.43. The van der Waals surface area contributed by atoms with Crippen molar-refractivity contribution in [2.75, 3.05) is 0 Å². The molecule has 0 heterocycles. The second-order valence-corrected chi connectivity index (χ2v) is 4.17. The Morgan fingerprint density at radius 3 is 2.53 bits per heavy atom. The number of carboxylic acid groups (broad SMARTS) is 1. The Labute approximate surface area is 87.7 Å². The molecule has 1 aliphatic rings. The molecule has 0 saturated heterocycles. The first-order valence-corrected chi connectivity index (χ1v) is 5.07. The molecule has 1 fully saturated rings. The van der Waals surface area contributed by atoms with Crippen LogP contribution in [0.1, 0.15) is 30.4 Å². The Morgan fingerprint density at radius 2 is 2.13 bits per heavy atom. The van der Waals surface area contributed by atoms with Gasteiger partial charge in [-0.2, -0.15) is 0 Å². The summed E-state index contributed by atoms with van der Waals surface area (Å²) in [4.78, 5) is 11.2. The van der Waals surface area contributed by atoms with Gasteiger partial charge in [0.15, 0.2) is 0 Å². The van der Waals surface area contributed by atoms with Crippen molar-refractivity contribution in [1.82, 2.24) is 0 Å². The molecule has 15 heavy (non-hydrogen) atoms. The third-order valence-electron chi connectivity index (χ3n) is 3.32. The van der Waals surface area contributed by atoms with Gasteiger partial charge in [-0.15, -0.1) is 0 Å². The fourth-order valence-electron chi connectivity index (χ4n) is 2.34. The molecule has 0 aromatic heterocycles. The zero-order chi connectivity index (χ0) is 11.1. The summed E-state index contributed by atoms with van der Waals surface area (Å²) < 4.78 is 13.7. The Morgan fingerprint density at radius 1 is 1.47 bits per heavy atom. The van der Waals surface area contributed by atoms with Gasteiger partial charge in [0.05, 0.1) is 5.41 Å². The quantitative estimate of drug-likeness (QED) is 0.811. The number of hydrogen-bond acceptors (Lipinski definition) is 1. The minimum Gasteiger partial charge on any atom is -0.481 e. The standard InChI is InChI=1S/C12H13FO2/c1-8-4-2-5-9(13)10(8)12(11(14)15)6-3-7-12/h2,4-5H,3,6-7H2,1H3,(H,14,15). The van der Waals surface area contributed by atoms with Crippen LogP contribution in [0.3, 0.4) is 0 Å². The molecule has 0 aliphatic heterocycles. The maximum Gasteiger partial charge on any atom is 0.314 e. The minimum absolute atomic E-state index is 0.378. The Balaban J connectivity index is 2.57. The van der Waals surface area contributed by atoms with Crippen molar-refractivity contribution in [3.8, 4) is 0 Å². The van der Waals surface area contributed by atoms with Crippen molar-refractivity contribution in [2.24, 2.45) is 0 Å². The number of rotatable bonds is 2. The summed E-state index contributed by atoms with van der Waals surface area (Å²) in [7, 11) is 0. The molecule has 0 unspecified atom stereocenters. The summed E-state index contributed by atoms with van der Waals surface area (Å²) in [5, 5.41) is 9.22. The van der Waals surface area contributed by atoms with E-state index in [1.807, 2.05) is 0 Å². The zero-order valence-corrected chi connectivity index (χ0v) is 8.59. The Kier molecular flexibility index (Phi) is 2.25. The lowest BCUT2D eigenvalue weighted by atomic mass is 9.63. The normalized spacial score (nSPS) is 18.3. The Bertz CT molecular complexity index is 388. The molecular weight excluding hydrogens is 195 g/mol. The van der Waals surface area contributed by atoms with Crippen molar-refractivity contribution in [1.29, 1.82) is 0 Å². The van der Waals surface area contributed by atoms with Crippen LogP contribution >= 0.6 is 0 Å². The first kappa shape index (κ1) is 10.1. The molecule has 1 aliphatic carbocycles. The fourth-order valence-corrected chi connectivity index (χ4v) is 2.34. The maximum absolute atomic E-state index is 13.7. The smallest absolute Gasteiger partial charge is 0.314 e. The molecule has 2 rings (SSSR count). The number of aryl methyl sites for hydroxylation is 1. The Hall–Kier alpha value is -1.38. The molecule has 1 saturated carbocycles. The molecule has 0 radical (unpaired) electrons. The van der Waals surface area contributed by atoms with Gasteiger partial charge < -0.3 is 5.11 Å². The third kappa shape index (κ3) is 1.34. The topological polar surface area (TPSA) is 37.3 Å². The molecule has 1 N–H and O–H groups in total. The summed E-state index contributed by atoms with van der Waals surface area (Å²) in [5.41, 5.74) is 0.149. The fraction of sp³-hybridized carbons (Fsp3) is 0.417. The number of carbonyl (C=O) groups is 1. The number of carboxylic acids is 1. The van der Waals surface area contributed by atoms with Crippen LogP contribution in [0, 0.1) is 12.7 Å². The SMILES string of the molecule is Cc1cccc(F)c1C1(C(=O)O)CCC1. The van der Waals surface area contributed by atoms with E-state index in [0.717, 1.165) is 12.0 Å². The van der Waals surface area contributed by atoms with E-state index in [2.05, 4.69) is 0 Å². The van der Waals surface area contributed by atoms with Crippen LogP contribution < -0.4 is 0 Å². The second kappa shape index (κ2) is 3.33. The minimum atomic E-state index is -0.963. The van der Waals surface area contributed by atoms with Gasteiger partial charge in [0.2, 0.25) is 0 Å². The van der Waals surface area contributed by atoms with Gasteiger partial charge in [0.25, 0.3) is 0 Å². The summed E-state index contributed by atoms with van der Waals surface area (Å²) in [6, 6.07) is 4.72. The zero-order valence-electron chi connectivity index (χ0n) is 8.59. The second-order valence-electron chi connectivity index (χ2n) is 4.17. The summed E-state index contributed by atoms with van der Waals surface area (Å²) in [6.07, 6.45) is 1.95. The molecule has 1 aromatic rings. The predicted molar refractivity (Wildman–Crippen MR) is 54.3 cm³/mol. The molecule has 0 atom stereocenters. The van der Waals surface area contributed by atoms with E-state index >= 15 is 0 Å². The van der Waals surface area contributed by atoms with Crippen molar-refractivity contribution in [2.45, 2.75) is 31.6 Å². The highest BCUT2D eigenvalue weighted by atomic mass is 19.1. The highest BCUT2D eigenvalue weighted by Crippen LogP contribution is 2.46. The van der Waals surface area contributed by atoms with Gasteiger partial charge in [0, 0.05) is 5.56 Å². The third-order valence-corrected chi connectivity index (χ3v) is 3.32. The molecule has 2 nitrogen and oxygen atoms in total. The van der Waals surface area contributed by atoms with Crippen molar-refractivity contribution >= 4 is 5.97 Å². The van der Waals surface area contributed by atoms with Crippen LogP contribution in [-0.2, 0) is 10.2 Å². The van der Waals surface area contributed by atoms with Gasteiger partial charge in [-0.1, -0.05) is 18.6 Å². The summed E-state index contributed by atoms with van der Waals surface area (Å²) in [5.74, 6) is -1.29. The lowest BCUT2D eigenvalue weighted by molar-refractivity contribution is -0.147. The van der Waals surface area contributed by atoms with Crippen molar-refractivity contribution < 1.29 is 14.3 Å². The number of hydrogen-bond donors (Lipinski definition) is 1. The largest absolute Gasteiger partial charge is 0.481 e. The monoisotopic (exact) mass is 208 g/mol. The van der Waals surface area contributed by atoms with Crippen LogP contribution in [-0.4, -0.2) is 11.1 Å². The molecule has 0 bridgehead atoms. The molecule has 3 heteroatoms. The van der Waals surface area contributed by atoms with Crippen LogP contribution in [0.5, 0.6) is 0 Å². The maximum atomic E-state index is 13.7.